The molecule has 3 heterocycles. The van der Waals surface area contributed by atoms with E-state index in [4.69, 9.17) is 4.74 Å². The molecule has 8 nitrogen and oxygen atoms in total. The van der Waals surface area contributed by atoms with Gasteiger partial charge in [0, 0.05) is 37.4 Å². The number of hydrogen-bond acceptors (Lipinski definition) is 5. The number of anilines is 1. The molecular formula is C22H26N4O4S. The summed E-state index contributed by atoms with van der Waals surface area (Å²) in [6, 6.07) is 7.11. The van der Waals surface area contributed by atoms with Crippen LogP contribution in [0, 0.1) is 0 Å². The monoisotopic (exact) mass is 442 g/mol. The van der Waals surface area contributed by atoms with E-state index in [2.05, 4.69) is 10.6 Å². The summed E-state index contributed by atoms with van der Waals surface area (Å²) in [5, 5.41) is 5.78. The smallest absolute Gasteiger partial charge is 0.326 e. The van der Waals surface area contributed by atoms with Gasteiger partial charge in [-0.15, -0.1) is 0 Å². The maximum Gasteiger partial charge on any atom is 0.326 e. The summed E-state index contributed by atoms with van der Waals surface area (Å²) in [7, 11) is -3.10. The van der Waals surface area contributed by atoms with E-state index in [0.717, 1.165) is 29.7 Å². The number of ether oxygens (including phenoxy) is 1. The zero-order chi connectivity index (χ0) is 21.4. The molecule has 5 rings (SSSR count). The van der Waals surface area contributed by atoms with Gasteiger partial charge < -0.3 is 15.4 Å². The average Bonchev–Trinajstić information content (AvgIpc) is 3.55. The lowest BCUT2D eigenvalue weighted by Crippen LogP contribution is -2.43. The first-order chi connectivity index (χ1) is 15.0. The number of nitrogens with one attached hydrogen (secondary N) is 2. The Morgan fingerprint density at radius 1 is 1.10 bits per heavy atom. The van der Waals surface area contributed by atoms with Gasteiger partial charge in [-0.05, 0) is 67.2 Å². The van der Waals surface area contributed by atoms with Gasteiger partial charge in [0.15, 0.2) is 0 Å². The summed E-state index contributed by atoms with van der Waals surface area (Å²) in [6.07, 6.45) is 10.5. The van der Waals surface area contributed by atoms with Crippen molar-refractivity contribution in [1.82, 2.24) is 14.5 Å². The molecule has 2 amide bonds. The molecule has 0 spiro atoms. The highest BCUT2D eigenvalue weighted by Crippen LogP contribution is 2.33. The van der Waals surface area contributed by atoms with Gasteiger partial charge in [0.05, 0.1) is 11.8 Å². The summed E-state index contributed by atoms with van der Waals surface area (Å²) in [5.41, 5.74) is 2.81. The summed E-state index contributed by atoms with van der Waals surface area (Å²) in [4.78, 5) is 14.2. The molecule has 4 aliphatic rings. The fourth-order valence-electron chi connectivity index (χ4n) is 4.05. The molecule has 1 aliphatic carbocycles. The molecule has 3 aliphatic heterocycles. The molecule has 2 fully saturated rings. The van der Waals surface area contributed by atoms with Crippen LogP contribution in [0.15, 0.2) is 60.1 Å². The lowest BCUT2D eigenvalue weighted by atomic mass is 10.1. The number of nitrogens with zero attached hydrogens (tertiary/aromatic N) is 2. The first kappa shape index (κ1) is 20.1. The number of allylic oxidation sites excluding steroid dienone is 1. The Morgan fingerprint density at radius 2 is 1.84 bits per heavy atom. The van der Waals surface area contributed by atoms with Gasteiger partial charge in [-0.25, -0.2) is 17.5 Å². The van der Waals surface area contributed by atoms with E-state index in [1.807, 2.05) is 48.9 Å². The predicted molar refractivity (Wildman–Crippen MR) is 118 cm³/mol. The molecule has 1 saturated heterocycles. The minimum atomic E-state index is -3.10. The molecule has 164 valence electrons. The predicted octanol–water partition coefficient (Wildman–Crippen LogP) is 2.75. The highest BCUT2D eigenvalue weighted by molar-refractivity contribution is 7.90. The standard InChI is InChI=1S/C22H26N4O4S/c27-22(25-14-16-7-10-23-13-17(16)15-25)24-18-1-3-19(4-2-18)30-20-8-11-26(12-9-20)31(28,29)21-5-6-21/h1-4,7,10,13-14,20-21,23H,5-6,8-9,11-12,15H2,(H,24,27). The third kappa shape index (κ3) is 4.33. The summed E-state index contributed by atoms with van der Waals surface area (Å²) in [5.74, 6) is 0.720. The number of carbonyl (C=O) groups excluding carboxylic acids is 1. The van der Waals surface area contributed by atoms with Crippen molar-refractivity contribution in [2.24, 2.45) is 0 Å². The zero-order valence-electron chi connectivity index (χ0n) is 17.2. The minimum absolute atomic E-state index is 0.000558. The van der Waals surface area contributed by atoms with Crippen molar-refractivity contribution in [2.45, 2.75) is 37.0 Å². The lowest BCUT2D eigenvalue weighted by molar-refractivity contribution is 0.135. The number of carbonyl (C=O) groups is 1. The molecule has 0 unspecified atom stereocenters. The molecule has 1 aromatic rings. The van der Waals surface area contributed by atoms with Gasteiger partial charge in [-0.2, -0.15) is 0 Å². The Kier molecular flexibility index (Phi) is 5.23. The van der Waals surface area contributed by atoms with Crippen LogP contribution < -0.4 is 15.4 Å². The number of sulfonamides is 1. The van der Waals surface area contributed by atoms with Crippen LogP contribution in [0.4, 0.5) is 10.5 Å². The van der Waals surface area contributed by atoms with E-state index >= 15 is 0 Å². The highest BCUT2D eigenvalue weighted by Gasteiger charge is 2.41. The molecule has 0 bridgehead atoms. The van der Waals surface area contributed by atoms with Crippen LogP contribution in [0.3, 0.4) is 0 Å². The quantitative estimate of drug-likeness (QED) is 0.732. The number of fused-ring (bicyclic) bond motifs is 1. The summed E-state index contributed by atoms with van der Waals surface area (Å²) in [6.45, 7) is 1.57. The Bertz CT molecular complexity index is 1050. The molecule has 31 heavy (non-hydrogen) atoms. The van der Waals surface area contributed by atoms with E-state index in [0.29, 0.717) is 38.2 Å². The fraction of sp³-hybridized carbons (Fsp3) is 0.409. The van der Waals surface area contributed by atoms with Crippen LogP contribution in [0.1, 0.15) is 25.7 Å². The third-order valence-electron chi connectivity index (χ3n) is 6.00. The van der Waals surface area contributed by atoms with Crippen molar-refractivity contribution in [3.63, 3.8) is 0 Å². The van der Waals surface area contributed by atoms with Gasteiger partial charge in [-0.3, -0.25) is 4.90 Å². The van der Waals surface area contributed by atoms with E-state index in [-0.39, 0.29) is 17.4 Å². The SMILES string of the molecule is O=C(Nc1ccc(OC2CCN(S(=O)(=O)C3CC3)CC2)cc1)N1C=C2C=CNC=C2C1. The lowest BCUT2D eigenvalue weighted by Gasteiger charge is -2.31. The normalized spacial score (nSPS) is 21.7. The Labute approximate surface area is 182 Å². The van der Waals surface area contributed by atoms with E-state index in [1.54, 1.807) is 9.21 Å². The van der Waals surface area contributed by atoms with Crippen LogP contribution in [-0.2, 0) is 10.0 Å². The van der Waals surface area contributed by atoms with Crippen molar-refractivity contribution < 1.29 is 17.9 Å². The first-order valence-electron chi connectivity index (χ1n) is 10.7. The van der Waals surface area contributed by atoms with Gasteiger partial charge in [0.1, 0.15) is 11.9 Å². The molecule has 1 aromatic carbocycles. The Morgan fingerprint density at radius 3 is 2.52 bits per heavy atom. The van der Waals surface area contributed by atoms with Gasteiger partial charge in [-0.1, -0.05) is 0 Å². The fourth-order valence-corrected chi connectivity index (χ4v) is 5.93. The number of piperidine rings is 1. The van der Waals surface area contributed by atoms with Crippen LogP contribution in [0.5, 0.6) is 5.75 Å². The van der Waals surface area contributed by atoms with E-state index < -0.39 is 10.0 Å². The maximum atomic E-state index is 12.5. The number of hydrogen-bond donors (Lipinski definition) is 2. The van der Waals surface area contributed by atoms with E-state index in [9.17, 15) is 13.2 Å². The largest absolute Gasteiger partial charge is 0.490 e. The topological polar surface area (TPSA) is 91.0 Å². The van der Waals surface area contributed by atoms with Gasteiger partial charge in [0.25, 0.3) is 0 Å². The number of amides is 2. The second kappa shape index (κ2) is 8.05. The van der Waals surface area contributed by atoms with Gasteiger partial charge in [0.2, 0.25) is 10.0 Å². The minimum Gasteiger partial charge on any atom is -0.490 e. The zero-order valence-corrected chi connectivity index (χ0v) is 18.0. The Hall–Kier alpha value is -2.78. The number of benzene rings is 1. The Balaban J connectivity index is 1.12. The van der Waals surface area contributed by atoms with Crippen molar-refractivity contribution in [1.29, 1.82) is 0 Å². The molecular weight excluding hydrogens is 416 g/mol. The van der Waals surface area contributed by atoms with Crippen molar-refractivity contribution in [3.05, 3.63) is 60.1 Å². The molecule has 0 atom stereocenters. The van der Waals surface area contributed by atoms with Crippen LogP contribution in [-0.4, -0.2) is 54.6 Å². The second-order valence-electron chi connectivity index (χ2n) is 8.30. The third-order valence-corrected chi connectivity index (χ3v) is 8.40. The second-order valence-corrected chi connectivity index (χ2v) is 10.5. The van der Waals surface area contributed by atoms with E-state index in [1.165, 1.54) is 0 Å². The van der Waals surface area contributed by atoms with Crippen LogP contribution in [0.25, 0.3) is 0 Å². The molecule has 0 aromatic heterocycles. The van der Waals surface area contributed by atoms with Crippen molar-refractivity contribution in [3.8, 4) is 5.75 Å². The summed E-state index contributed by atoms with van der Waals surface area (Å²) >= 11 is 0. The highest BCUT2D eigenvalue weighted by atomic mass is 32.2. The van der Waals surface area contributed by atoms with Crippen LogP contribution in [0.2, 0.25) is 0 Å². The molecule has 1 saturated carbocycles. The first-order valence-corrected chi connectivity index (χ1v) is 12.2. The molecule has 9 heteroatoms. The van der Waals surface area contributed by atoms with Crippen LogP contribution >= 0.6 is 0 Å². The van der Waals surface area contributed by atoms with Crippen molar-refractivity contribution >= 4 is 21.7 Å². The molecule has 2 N–H and O–H groups in total. The number of urea groups is 1. The van der Waals surface area contributed by atoms with Gasteiger partial charge >= 0.3 is 6.03 Å². The summed E-state index contributed by atoms with van der Waals surface area (Å²) < 4.78 is 32.3. The number of rotatable bonds is 5. The number of dihydropyridines is 1. The molecule has 0 radical (unpaired) electrons. The average molecular weight is 443 g/mol. The maximum absolute atomic E-state index is 12.5. The van der Waals surface area contributed by atoms with Crippen molar-refractivity contribution in [2.75, 3.05) is 25.0 Å².